The van der Waals surface area contributed by atoms with Crippen LogP contribution in [0.1, 0.15) is 23.6 Å². The number of hydrogen-bond acceptors (Lipinski definition) is 2. The molecule has 0 amide bonds. The lowest BCUT2D eigenvalue weighted by molar-refractivity contribution is -0.0964. The smallest absolute Gasteiger partial charge is 0.329 e. The Bertz CT molecular complexity index is 477. The summed E-state index contributed by atoms with van der Waals surface area (Å²) in [6.45, 7) is 3.09. The molecule has 1 aromatic rings. The molecular formula is C15H19F3N2. The third-order valence-corrected chi connectivity index (χ3v) is 3.73. The van der Waals surface area contributed by atoms with E-state index in [1.54, 1.807) is 0 Å². The molecule has 0 fully saturated rings. The van der Waals surface area contributed by atoms with Gasteiger partial charge in [0.05, 0.1) is 0 Å². The molecule has 2 rings (SSSR count). The normalized spacial score (nSPS) is 18.8. The van der Waals surface area contributed by atoms with Crippen molar-refractivity contribution < 1.29 is 13.2 Å². The number of benzene rings is 1. The van der Waals surface area contributed by atoms with Gasteiger partial charge in [0.2, 0.25) is 0 Å². The first kappa shape index (κ1) is 15.1. The van der Waals surface area contributed by atoms with E-state index < -0.39 is 11.7 Å². The monoisotopic (exact) mass is 284 g/mol. The highest BCUT2D eigenvalue weighted by Crippen LogP contribution is 2.32. The average Bonchev–Trinajstić information content (AvgIpc) is 2.41. The van der Waals surface area contributed by atoms with Crippen LogP contribution in [0.25, 0.3) is 0 Å². The number of hydrogen-bond donors (Lipinski definition) is 1. The topological polar surface area (TPSA) is 29.3 Å². The van der Waals surface area contributed by atoms with Gasteiger partial charge in [-0.1, -0.05) is 35.9 Å². The summed E-state index contributed by atoms with van der Waals surface area (Å²) >= 11 is 0. The Morgan fingerprint density at radius 2 is 1.90 bits per heavy atom. The number of nitrogens with two attached hydrogens (primary N) is 1. The van der Waals surface area contributed by atoms with E-state index in [4.69, 9.17) is 5.73 Å². The van der Waals surface area contributed by atoms with Crippen LogP contribution in [0.5, 0.6) is 0 Å². The molecule has 20 heavy (non-hydrogen) atoms. The first-order valence-electron chi connectivity index (χ1n) is 6.68. The van der Waals surface area contributed by atoms with Crippen molar-refractivity contribution >= 4 is 0 Å². The van der Waals surface area contributed by atoms with E-state index in [0.29, 0.717) is 19.6 Å². The number of alkyl halides is 3. The summed E-state index contributed by atoms with van der Waals surface area (Å²) in [7, 11) is 0. The molecule has 0 saturated carbocycles. The molecular weight excluding hydrogens is 265 g/mol. The molecule has 1 atom stereocenters. The van der Waals surface area contributed by atoms with Gasteiger partial charge in [-0.25, -0.2) is 0 Å². The highest BCUT2D eigenvalue weighted by Gasteiger charge is 2.35. The zero-order valence-corrected chi connectivity index (χ0v) is 11.5. The Morgan fingerprint density at radius 1 is 1.25 bits per heavy atom. The first-order chi connectivity index (χ1) is 9.41. The van der Waals surface area contributed by atoms with Crippen molar-refractivity contribution in [3.63, 3.8) is 0 Å². The highest BCUT2D eigenvalue weighted by molar-refractivity contribution is 5.25. The van der Waals surface area contributed by atoms with Crippen LogP contribution in [-0.4, -0.2) is 30.7 Å². The van der Waals surface area contributed by atoms with Gasteiger partial charge in [0.15, 0.2) is 0 Å². The maximum atomic E-state index is 12.6. The molecule has 0 spiro atoms. The fourth-order valence-electron chi connectivity index (χ4n) is 2.51. The standard InChI is InChI=1S/C15H19F3N2/c1-11-2-4-12(5-3-11)14(10-19)20-8-6-13(7-9-20)15(16,17)18/h2-6,14H,7-10,19H2,1H3. The average molecular weight is 284 g/mol. The van der Waals surface area contributed by atoms with Gasteiger partial charge in [0.1, 0.15) is 0 Å². The van der Waals surface area contributed by atoms with Crippen LogP contribution in [-0.2, 0) is 0 Å². The Balaban J connectivity index is 2.11. The Labute approximate surface area is 117 Å². The molecule has 0 radical (unpaired) electrons. The fraction of sp³-hybridized carbons (Fsp3) is 0.467. The van der Waals surface area contributed by atoms with Gasteiger partial charge in [-0.3, -0.25) is 4.90 Å². The van der Waals surface area contributed by atoms with Gasteiger partial charge in [0, 0.05) is 31.2 Å². The summed E-state index contributed by atoms with van der Waals surface area (Å²) < 4.78 is 37.8. The van der Waals surface area contributed by atoms with E-state index in [1.165, 1.54) is 6.08 Å². The van der Waals surface area contributed by atoms with Gasteiger partial charge >= 0.3 is 6.18 Å². The maximum Gasteiger partial charge on any atom is 0.412 e. The largest absolute Gasteiger partial charge is 0.412 e. The third-order valence-electron chi connectivity index (χ3n) is 3.73. The Kier molecular flexibility index (Phi) is 4.50. The van der Waals surface area contributed by atoms with Crippen molar-refractivity contribution in [2.24, 2.45) is 5.73 Å². The molecule has 1 unspecified atom stereocenters. The van der Waals surface area contributed by atoms with Crippen LogP contribution in [0.15, 0.2) is 35.9 Å². The summed E-state index contributed by atoms with van der Waals surface area (Å²) in [5, 5.41) is 0. The van der Waals surface area contributed by atoms with Gasteiger partial charge in [-0.05, 0) is 18.9 Å². The van der Waals surface area contributed by atoms with Crippen molar-refractivity contribution in [2.45, 2.75) is 25.6 Å². The van der Waals surface area contributed by atoms with E-state index in [-0.39, 0.29) is 12.5 Å². The lowest BCUT2D eigenvalue weighted by Crippen LogP contribution is -2.38. The minimum atomic E-state index is -4.20. The zero-order valence-electron chi connectivity index (χ0n) is 11.5. The highest BCUT2D eigenvalue weighted by atomic mass is 19.4. The van der Waals surface area contributed by atoms with E-state index in [2.05, 4.69) is 0 Å². The molecule has 2 nitrogen and oxygen atoms in total. The van der Waals surface area contributed by atoms with Gasteiger partial charge in [-0.15, -0.1) is 0 Å². The SMILES string of the molecule is Cc1ccc(C(CN)N2CC=C(C(F)(F)F)CC2)cc1. The van der Waals surface area contributed by atoms with Crippen molar-refractivity contribution in [1.29, 1.82) is 0 Å². The number of rotatable bonds is 3. The predicted molar refractivity (Wildman–Crippen MR) is 73.3 cm³/mol. The lowest BCUT2D eigenvalue weighted by atomic mass is 10.0. The van der Waals surface area contributed by atoms with Crippen LogP contribution in [0.3, 0.4) is 0 Å². The van der Waals surface area contributed by atoms with Crippen LogP contribution in [0.4, 0.5) is 13.2 Å². The van der Waals surface area contributed by atoms with Crippen molar-refractivity contribution in [1.82, 2.24) is 4.90 Å². The number of nitrogens with zero attached hydrogens (tertiary/aromatic N) is 1. The van der Waals surface area contributed by atoms with E-state index in [9.17, 15) is 13.2 Å². The molecule has 0 aromatic heterocycles. The van der Waals surface area contributed by atoms with E-state index in [1.807, 2.05) is 36.1 Å². The Hall–Kier alpha value is -1.33. The van der Waals surface area contributed by atoms with Gasteiger partial charge < -0.3 is 5.73 Å². The van der Waals surface area contributed by atoms with Crippen LogP contribution in [0, 0.1) is 6.92 Å². The zero-order chi connectivity index (χ0) is 14.8. The summed E-state index contributed by atoms with van der Waals surface area (Å²) in [5.74, 6) is 0. The summed E-state index contributed by atoms with van der Waals surface area (Å²) in [6.07, 6.45) is -2.89. The molecule has 1 heterocycles. The van der Waals surface area contributed by atoms with Crippen LogP contribution >= 0.6 is 0 Å². The second-order valence-corrected chi connectivity index (χ2v) is 5.13. The molecule has 0 aliphatic carbocycles. The summed E-state index contributed by atoms with van der Waals surface area (Å²) in [4.78, 5) is 2.00. The molecule has 1 aromatic carbocycles. The summed E-state index contributed by atoms with van der Waals surface area (Å²) in [5.41, 5.74) is 7.60. The third kappa shape index (κ3) is 3.41. The second-order valence-electron chi connectivity index (χ2n) is 5.13. The first-order valence-corrected chi connectivity index (χ1v) is 6.68. The minimum Gasteiger partial charge on any atom is -0.329 e. The Morgan fingerprint density at radius 3 is 2.35 bits per heavy atom. The molecule has 5 heteroatoms. The molecule has 2 N–H and O–H groups in total. The molecule has 1 aliphatic heterocycles. The molecule has 1 aliphatic rings. The molecule has 0 saturated heterocycles. The van der Waals surface area contributed by atoms with Crippen LogP contribution < -0.4 is 5.73 Å². The minimum absolute atomic E-state index is 0.0263. The van der Waals surface area contributed by atoms with E-state index in [0.717, 1.165) is 11.1 Å². The quantitative estimate of drug-likeness (QED) is 0.864. The number of halogens is 3. The second kappa shape index (κ2) is 5.97. The number of aryl methyl sites for hydroxylation is 1. The molecule has 110 valence electrons. The fourth-order valence-corrected chi connectivity index (χ4v) is 2.51. The molecule has 0 bridgehead atoms. The van der Waals surface area contributed by atoms with E-state index >= 15 is 0 Å². The van der Waals surface area contributed by atoms with Crippen molar-refractivity contribution in [2.75, 3.05) is 19.6 Å². The lowest BCUT2D eigenvalue weighted by Gasteiger charge is -2.34. The predicted octanol–water partition coefficient (Wildman–Crippen LogP) is 3.19. The van der Waals surface area contributed by atoms with Gasteiger partial charge in [-0.2, -0.15) is 13.2 Å². The van der Waals surface area contributed by atoms with Gasteiger partial charge in [0.25, 0.3) is 0 Å². The van der Waals surface area contributed by atoms with Crippen molar-refractivity contribution in [3.05, 3.63) is 47.0 Å². The maximum absolute atomic E-state index is 12.6. The summed E-state index contributed by atoms with van der Waals surface area (Å²) in [6, 6.07) is 7.96. The van der Waals surface area contributed by atoms with Crippen molar-refractivity contribution in [3.8, 4) is 0 Å². The van der Waals surface area contributed by atoms with Crippen LogP contribution in [0.2, 0.25) is 0 Å².